The van der Waals surface area contributed by atoms with Gasteiger partial charge >= 0.3 is 0 Å². The van der Waals surface area contributed by atoms with E-state index < -0.39 is 0 Å². The molecule has 2 aromatic heterocycles. The topological polar surface area (TPSA) is 52.0 Å². The minimum Gasteiger partial charge on any atom is -0.311 e. The van der Waals surface area contributed by atoms with Crippen LogP contribution < -0.4 is 5.56 Å². The van der Waals surface area contributed by atoms with Crippen LogP contribution in [-0.4, -0.2) is 15.3 Å². The van der Waals surface area contributed by atoms with E-state index in [4.69, 9.17) is 23.2 Å². The summed E-state index contributed by atoms with van der Waals surface area (Å²) in [5.41, 5.74) is 3.12. The predicted octanol–water partition coefficient (Wildman–Crippen LogP) is 5.42. The quantitative estimate of drug-likeness (QED) is 0.460. The average molecular weight is 441 g/mol. The number of carbonyl (C=O) groups excluding carboxylic acids is 1. The van der Waals surface area contributed by atoms with Crippen molar-refractivity contribution < 1.29 is 4.79 Å². The van der Waals surface area contributed by atoms with Crippen LogP contribution >= 0.6 is 23.2 Å². The monoisotopic (exact) mass is 440 g/mol. The van der Waals surface area contributed by atoms with E-state index in [1.54, 1.807) is 41.4 Å². The summed E-state index contributed by atoms with van der Waals surface area (Å²) >= 11 is 13.0. The second kappa shape index (κ2) is 8.75. The summed E-state index contributed by atoms with van der Waals surface area (Å²) in [5.74, 6) is 0.841. The third kappa shape index (κ3) is 4.50. The maximum absolute atomic E-state index is 12.6. The molecule has 0 aliphatic heterocycles. The summed E-state index contributed by atoms with van der Waals surface area (Å²) in [6.45, 7) is 2.47. The van der Waals surface area contributed by atoms with Gasteiger partial charge in [-0.05, 0) is 53.3 Å². The zero-order valence-electron chi connectivity index (χ0n) is 16.6. The van der Waals surface area contributed by atoms with E-state index in [0.29, 0.717) is 34.5 Å². The lowest BCUT2D eigenvalue weighted by Gasteiger charge is -2.12. The van der Waals surface area contributed by atoms with Crippen molar-refractivity contribution in [2.24, 2.45) is 11.8 Å². The van der Waals surface area contributed by atoms with Gasteiger partial charge in [0.25, 0.3) is 5.56 Å². The Morgan fingerprint density at radius 3 is 2.63 bits per heavy atom. The zero-order valence-corrected chi connectivity index (χ0v) is 18.2. The lowest BCUT2D eigenvalue weighted by atomic mass is 10.0. The van der Waals surface area contributed by atoms with E-state index in [2.05, 4.69) is 11.9 Å². The van der Waals surface area contributed by atoms with Crippen molar-refractivity contribution in [3.05, 3.63) is 97.6 Å². The zero-order chi connectivity index (χ0) is 21.3. The largest absolute Gasteiger partial charge is 0.311 e. The van der Waals surface area contributed by atoms with E-state index in [0.717, 1.165) is 29.5 Å². The molecule has 0 bridgehead atoms. The average Bonchev–Trinajstić information content (AvgIpc) is 3.53. The molecule has 1 aliphatic carbocycles. The van der Waals surface area contributed by atoms with E-state index in [9.17, 15) is 9.59 Å². The maximum Gasteiger partial charge on any atom is 0.250 e. The summed E-state index contributed by atoms with van der Waals surface area (Å²) in [6.07, 6.45) is 7.67. The Morgan fingerprint density at radius 1 is 1.13 bits per heavy atom. The van der Waals surface area contributed by atoms with Crippen LogP contribution in [0.25, 0.3) is 0 Å². The second-order valence-corrected chi connectivity index (χ2v) is 8.65. The van der Waals surface area contributed by atoms with Crippen molar-refractivity contribution in [2.75, 3.05) is 0 Å². The van der Waals surface area contributed by atoms with Gasteiger partial charge in [-0.1, -0.05) is 42.6 Å². The van der Waals surface area contributed by atoms with Crippen molar-refractivity contribution in [3.8, 4) is 0 Å². The minimum absolute atomic E-state index is 0.0951. The Bertz CT molecular complexity index is 1160. The number of nitrogens with zero attached hydrogens (tertiary/aromatic N) is 2. The molecule has 0 spiro atoms. The van der Waals surface area contributed by atoms with Crippen molar-refractivity contribution in [1.82, 2.24) is 9.55 Å². The summed E-state index contributed by atoms with van der Waals surface area (Å²) in [4.78, 5) is 28.9. The van der Waals surface area contributed by atoms with Crippen LogP contribution in [0, 0.1) is 11.8 Å². The Balaban J connectivity index is 1.53. The number of ketones is 1. The van der Waals surface area contributed by atoms with Gasteiger partial charge < -0.3 is 4.57 Å². The standard InChI is InChI=1S/C24H22Cl2N2O2/c1-2-16-9-20(16)24(30)18-8-15(12-27-13-18)7-17-10-22(26)19(11-21(17)25)14-28-6-4-3-5-23(28)29/h3-6,8,10-13,16,20H,2,7,9,14H2,1H3. The van der Waals surface area contributed by atoms with Crippen molar-refractivity contribution in [1.29, 1.82) is 0 Å². The predicted molar refractivity (Wildman–Crippen MR) is 120 cm³/mol. The van der Waals surface area contributed by atoms with Gasteiger partial charge in [0.05, 0.1) is 6.54 Å². The number of benzene rings is 1. The van der Waals surface area contributed by atoms with Crippen molar-refractivity contribution in [3.63, 3.8) is 0 Å². The van der Waals surface area contributed by atoms with E-state index >= 15 is 0 Å². The molecule has 1 fully saturated rings. The molecule has 0 radical (unpaired) electrons. The van der Waals surface area contributed by atoms with Gasteiger partial charge in [0.2, 0.25) is 0 Å². The molecule has 4 nitrogen and oxygen atoms in total. The summed E-state index contributed by atoms with van der Waals surface area (Å²) in [5, 5.41) is 1.12. The molecule has 30 heavy (non-hydrogen) atoms. The molecule has 1 saturated carbocycles. The first-order valence-corrected chi connectivity index (χ1v) is 10.8. The molecule has 1 aromatic carbocycles. The van der Waals surface area contributed by atoms with Crippen molar-refractivity contribution >= 4 is 29.0 Å². The van der Waals surface area contributed by atoms with Gasteiger partial charge in [-0.25, -0.2) is 0 Å². The molecule has 6 heteroatoms. The van der Waals surface area contributed by atoms with Crippen LogP contribution in [0.1, 0.15) is 46.8 Å². The molecule has 154 valence electrons. The number of carbonyl (C=O) groups is 1. The van der Waals surface area contributed by atoms with E-state index in [1.165, 1.54) is 6.07 Å². The minimum atomic E-state index is -0.0951. The summed E-state index contributed by atoms with van der Waals surface area (Å²) in [6, 6.07) is 10.6. The van der Waals surface area contributed by atoms with E-state index in [-0.39, 0.29) is 17.3 Å². The lowest BCUT2D eigenvalue weighted by molar-refractivity contribution is 0.0960. The molecular weight excluding hydrogens is 419 g/mol. The molecule has 2 atom stereocenters. The Labute approximate surface area is 185 Å². The first kappa shape index (κ1) is 20.8. The van der Waals surface area contributed by atoms with Crippen LogP contribution in [0.4, 0.5) is 0 Å². The van der Waals surface area contributed by atoms with Crippen molar-refractivity contribution in [2.45, 2.75) is 32.7 Å². The number of halogens is 2. The molecular formula is C24H22Cl2N2O2. The highest BCUT2D eigenvalue weighted by atomic mass is 35.5. The number of hydrogen-bond donors (Lipinski definition) is 0. The molecule has 0 N–H and O–H groups in total. The first-order valence-electron chi connectivity index (χ1n) is 10.1. The molecule has 2 unspecified atom stereocenters. The van der Waals surface area contributed by atoms with Crippen LogP contribution in [0.5, 0.6) is 0 Å². The maximum atomic E-state index is 12.6. The van der Waals surface area contributed by atoms with Crippen LogP contribution in [0.3, 0.4) is 0 Å². The number of hydrogen-bond acceptors (Lipinski definition) is 3. The summed E-state index contributed by atoms with van der Waals surface area (Å²) in [7, 11) is 0. The molecule has 2 heterocycles. The number of pyridine rings is 2. The molecule has 1 aliphatic rings. The highest BCUT2D eigenvalue weighted by molar-refractivity contribution is 6.34. The fourth-order valence-corrected chi connectivity index (χ4v) is 4.33. The van der Waals surface area contributed by atoms with Gasteiger partial charge in [-0.2, -0.15) is 0 Å². The van der Waals surface area contributed by atoms with Gasteiger partial charge in [0.15, 0.2) is 5.78 Å². The third-order valence-corrected chi connectivity index (χ3v) is 6.42. The lowest BCUT2D eigenvalue weighted by Crippen LogP contribution is -2.18. The molecule has 0 amide bonds. The van der Waals surface area contributed by atoms with Gasteiger partial charge in [-0.15, -0.1) is 0 Å². The van der Waals surface area contributed by atoms with Gasteiger partial charge in [0, 0.05) is 52.6 Å². The van der Waals surface area contributed by atoms with Crippen LogP contribution in [0.2, 0.25) is 10.0 Å². The van der Waals surface area contributed by atoms with E-state index in [1.807, 2.05) is 12.1 Å². The highest BCUT2D eigenvalue weighted by Gasteiger charge is 2.41. The fraction of sp³-hybridized carbons (Fsp3) is 0.292. The van der Waals surface area contributed by atoms with Crippen LogP contribution in [0.15, 0.2) is 59.8 Å². The molecule has 0 saturated heterocycles. The number of aromatic nitrogens is 2. The smallest absolute Gasteiger partial charge is 0.250 e. The number of Topliss-reactive ketones (excluding diaryl/α,β-unsaturated/α-hetero) is 1. The normalized spacial score (nSPS) is 17.7. The summed E-state index contributed by atoms with van der Waals surface area (Å²) < 4.78 is 1.58. The Morgan fingerprint density at radius 2 is 1.90 bits per heavy atom. The van der Waals surface area contributed by atoms with Crippen LogP contribution in [-0.2, 0) is 13.0 Å². The fourth-order valence-electron chi connectivity index (χ4n) is 3.83. The Kier molecular flexibility index (Phi) is 6.07. The first-order chi connectivity index (χ1) is 14.5. The number of rotatable bonds is 7. The Hall–Kier alpha value is -2.43. The SMILES string of the molecule is CCC1CC1C(=O)c1cncc(Cc2cc(Cl)c(Cn3ccccc3=O)cc2Cl)c1. The second-order valence-electron chi connectivity index (χ2n) is 7.84. The van der Waals surface area contributed by atoms with Gasteiger partial charge in [-0.3, -0.25) is 14.6 Å². The third-order valence-electron chi connectivity index (χ3n) is 5.71. The van der Waals surface area contributed by atoms with Gasteiger partial charge in [0.1, 0.15) is 0 Å². The highest BCUT2D eigenvalue weighted by Crippen LogP contribution is 2.43. The molecule has 3 aromatic rings. The molecule has 4 rings (SSSR count).